The highest BCUT2D eigenvalue weighted by molar-refractivity contribution is 7.18. The van der Waals surface area contributed by atoms with Gasteiger partial charge in [-0.25, -0.2) is 9.37 Å². The van der Waals surface area contributed by atoms with Crippen molar-refractivity contribution in [2.45, 2.75) is 30.5 Å². The molecule has 6 nitrogen and oxygen atoms in total. The molecule has 2 saturated heterocycles. The Morgan fingerprint density at radius 2 is 1.84 bits per heavy atom. The van der Waals surface area contributed by atoms with Gasteiger partial charge in [0.1, 0.15) is 16.9 Å². The predicted molar refractivity (Wildman–Crippen MR) is 112 cm³/mol. The first-order valence-electron chi connectivity index (χ1n) is 9.87. The van der Waals surface area contributed by atoms with Gasteiger partial charge in [0.25, 0.3) is 0 Å². The largest absolute Gasteiger partial charge is 0.433 e. The van der Waals surface area contributed by atoms with Crippen molar-refractivity contribution in [2.24, 2.45) is 0 Å². The molecule has 0 radical (unpaired) electrons. The van der Waals surface area contributed by atoms with E-state index in [1.807, 2.05) is 4.90 Å². The zero-order chi connectivity index (χ0) is 21.8. The van der Waals surface area contributed by atoms with Crippen LogP contribution in [0.1, 0.15) is 30.1 Å². The van der Waals surface area contributed by atoms with Gasteiger partial charge in [-0.2, -0.15) is 23.1 Å². The van der Waals surface area contributed by atoms with Crippen LogP contribution in [0.5, 0.6) is 0 Å². The highest BCUT2D eigenvalue weighted by atomic mass is 31.0. The van der Waals surface area contributed by atoms with Crippen molar-refractivity contribution in [3.05, 3.63) is 47.9 Å². The van der Waals surface area contributed by atoms with Gasteiger partial charge in [-0.05, 0) is 24.6 Å². The third kappa shape index (κ3) is 3.67. The van der Waals surface area contributed by atoms with Crippen LogP contribution in [-0.4, -0.2) is 45.0 Å². The first kappa shape index (κ1) is 20.3. The van der Waals surface area contributed by atoms with E-state index in [1.165, 1.54) is 12.1 Å². The van der Waals surface area contributed by atoms with Crippen LogP contribution in [0, 0.1) is 0 Å². The number of rotatable bonds is 3. The van der Waals surface area contributed by atoms with E-state index in [9.17, 15) is 17.6 Å². The molecular weight excluding hydrogens is 431 g/mol. The van der Waals surface area contributed by atoms with Gasteiger partial charge < -0.3 is 9.80 Å². The minimum absolute atomic E-state index is 0.118. The van der Waals surface area contributed by atoms with Gasteiger partial charge in [-0.1, -0.05) is 15.3 Å². The Morgan fingerprint density at radius 1 is 1.06 bits per heavy atom. The summed E-state index contributed by atoms with van der Waals surface area (Å²) in [5, 5.41) is -0.774. The maximum atomic E-state index is 14.4. The van der Waals surface area contributed by atoms with Crippen LogP contribution in [0.25, 0.3) is 11.0 Å². The molecule has 162 valence electrons. The molecule has 0 spiro atoms. The minimum Gasteiger partial charge on any atom is -0.349 e. The van der Waals surface area contributed by atoms with Crippen LogP contribution in [0.4, 0.5) is 29.3 Å². The van der Waals surface area contributed by atoms with Crippen LogP contribution >= 0.6 is 9.24 Å². The summed E-state index contributed by atoms with van der Waals surface area (Å²) in [6, 6.07) is 5.98. The number of hydrogen-bond acceptors (Lipinski definition) is 6. The van der Waals surface area contributed by atoms with E-state index in [-0.39, 0.29) is 12.1 Å². The lowest BCUT2D eigenvalue weighted by molar-refractivity contribution is -0.142. The molecule has 0 N–H and O–H groups in total. The molecule has 5 rings (SSSR count). The molecule has 5 heterocycles. The number of anilines is 2. The fourth-order valence-electron chi connectivity index (χ4n) is 4.15. The first-order valence-corrected chi connectivity index (χ1v) is 10.4. The zero-order valence-electron chi connectivity index (χ0n) is 16.3. The monoisotopic (exact) mass is 450 g/mol. The number of aromatic nitrogens is 4. The summed E-state index contributed by atoms with van der Waals surface area (Å²) in [6.07, 6.45) is -0.932. The van der Waals surface area contributed by atoms with E-state index in [1.54, 1.807) is 23.2 Å². The smallest absolute Gasteiger partial charge is 0.349 e. The van der Waals surface area contributed by atoms with Crippen molar-refractivity contribution >= 4 is 32.0 Å². The van der Waals surface area contributed by atoms with Gasteiger partial charge in [0.05, 0.1) is 18.0 Å². The van der Waals surface area contributed by atoms with Crippen LogP contribution in [-0.2, 0) is 6.18 Å². The Kier molecular flexibility index (Phi) is 4.73. The van der Waals surface area contributed by atoms with Gasteiger partial charge in [-0.15, -0.1) is 0 Å². The average Bonchev–Trinajstić information content (AvgIpc) is 3.06. The Morgan fingerprint density at radius 3 is 2.52 bits per heavy atom. The summed E-state index contributed by atoms with van der Waals surface area (Å²) < 4.78 is 55.0. The number of nitrogens with zero attached hydrogens (tertiary/aromatic N) is 6. The standard InChI is InChI=1S/C20H19F4N6P/c21-19(31)6-10-29(11-19)18-27-16-13(4-2-8-26-16)17(28-18)30-9-5-14(30)12-3-1-7-25-15(12)20(22,23)24/h1-4,7-8,14H,5-6,9-11,31H2. The number of pyridine rings is 2. The molecule has 3 atom stereocenters. The highest BCUT2D eigenvalue weighted by Gasteiger charge is 2.42. The summed E-state index contributed by atoms with van der Waals surface area (Å²) in [4.78, 5) is 20.6. The van der Waals surface area contributed by atoms with E-state index in [4.69, 9.17) is 0 Å². The zero-order valence-corrected chi connectivity index (χ0v) is 17.5. The summed E-state index contributed by atoms with van der Waals surface area (Å²) in [5.74, 6) is 0.831. The normalized spacial score (nSPS) is 24.0. The van der Waals surface area contributed by atoms with E-state index in [0.29, 0.717) is 48.7 Å². The molecule has 3 unspecified atom stereocenters. The Bertz CT molecular complexity index is 1140. The minimum atomic E-state index is -4.54. The van der Waals surface area contributed by atoms with Gasteiger partial charge in [0.15, 0.2) is 5.65 Å². The molecule has 0 aliphatic carbocycles. The van der Waals surface area contributed by atoms with E-state index < -0.39 is 23.3 Å². The van der Waals surface area contributed by atoms with Gasteiger partial charge in [0.2, 0.25) is 5.95 Å². The fourth-order valence-corrected chi connectivity index (χ4v) is 4.50. The molecule has 0 aromatic carbocycles. The Balaban J connectivity index is 1.58. The van der Waals surface area contributed by atoms with E-state index in [0.717, 1.165) is 6.20 Å². The number of fused-ring (bicyclic) bond motifs is 1. The van der Waals surface area contributed by atoms with Crippen LogP contribution in [0.15, 0.2) is 36.7 Å². The average molecular weight is 450 g/mol. The molecule has 3 aromatic heterocycles. The lowest BCUT2D eigenvalue weighted by Gasteiger charge is -2.43. The second-order valence-corrected chi connectivity index (χ2v) is 8.90. The van der Waals surface area contributed by atoms with Crippen LogP contribution in [0.2, 0.25) is 0 Å². The SMILES string of the molecule is FC1(P)CCN(c2nc(N3CCC3c3cccnc3C(F)(F)F)c3cccnc3n2)C1. The van der Waals surface area contributed by atoms with Gasteiger partial charge >= 0.3 is 6.18 Å². The molecule has 11 heteroatoms. The lowest BCUT2D eigenvalue weighted by atomic mass is 9.93. The van der Waals surface area contributed by atoms with E-state index in [2.05, 4.69) is 29.2 Å². The number of alkyl halides is 4. The Labute approximate surface area is 177 Å². The topological polar surface area (TPSA) is 58.0 Å². The van der Waals surface area contributed by atoms with Gasteiger partial charge in [0, 0.05) is 37.5 Å². The fraction of sp³-hybridized carbons (Fsp3) is 0.400. The number of halogens is 4. The summed E-state index contributed by atoms with van der Waals surface area (Å²) in [6.45, 7) is 1.11. The molecule has 3 aromatic rings. The molecule has 2 aliphatic rings. The maximum Gasteiger partial charge on any atom is 0.433 e. The molecule has 31 heavy (non-hydrogen) atoms. The molecule has 0 bridgehead atoms. The maximum absolute atomic E-state index is 14.4. The highest BCUT2D eigenvalue weighted by Crippen LogP contribution is 2.44. The molecule has 2 aliphatic heterocycles. The third-order valence-electron chi connectivity index (χ3n) is 5.73. The molecule has 0 amide bonds. The van der Waals surface area contributed by atoms with Crippen molar-refractivity contribution in [2.75, 3.05) is 29.4 Å². The van der Waals surface area contributed by atoms with Crippen molar-refractivity contribution in [3.63, 3.8) is 0 Å². The van der Waals surface area contributed by atoms with Crippen molar-refractivity contribution in [3.8, 4) is 0 Å². The van der Waals surface area contributed by atoms with Crippen LogP contribution in [0.3, 0.4) is 0 Å². The summed E-state index contributed by atoms with van der Waals surface area (Å²) in [5.41, 5.74) is -0.339. The number of hydrogen-bond donors (Lipinski definition) is 0. The van der Waals surface area contributed by atoms with Gasteiger partial charge in [-0.3, -0.25) is 4.98 Å². The predicted octanol–water partition coefficient (Wildman–Crippen LogP) is 4.14. The lowest BCUT2D eigenvalue weighted by Crippen LogP contribution is -2.43. The quantitative estimate of drug-likeness (QED) is 0.442. The Hall–Kier alpha value is -2.61. The van der Waals surface area contributed by atoms with Crippen molar-refractivity contribution in [1.82, 2.24) is 19.9 Å². The molecule has 2 fully saturated rings. The second kappa shape index (κ2) is 7.22. The van der Waals surface area contributed by atoms with Crippen molar-refractivity contribution in [1.29, 1.82) is 0 Å². The van der Waals surface area contributed by atoms with Crippen molar-refractivity contribution < 1.29 is 17.6 Å². The third-order valence-corrected chi connectivity index (χ3v) is 6.20. The van der Waals surface area contributed by atoms with E-state index >= 15 is 0 Å². The first-order chi connectivity index (χ1) is 14.7. The second-order valence-electron chi connectivity index (χ2n) is 7.86. The summed E-state index contributed by atoms with van der Waals surface area (Å²) >= 11 is 0. The summed E-state index contributed by atoms with van der Waals surface area (Å²) in [7, 11) is 2.22. The van der Waals surface area contributed by atoms with Crippen LogP contribution < -0.4 is 9.80 Å². The molecular formula is C20H19F4N6P. The molecule has 0 saturated carbocycles.